The molecule has 0 aliphatic heterocycles. The average Bonchev–Trinajstić information content (AvgIpc) is 2.92. The number of imidazole rings is 1. The van der Waals surface area contributed by atoms with E-state index in [2.05, 4.69) is 19.5 Å². The zero-order valence-electron chi connectivity index (χ0n) is 12.8. The molecule has 2 aromatic rings. The summed E-state index contributed by atoms with van der Waals surface area (Å²) in [6.45, 7) is 6.36. The summed E-state index contributed by atoms with van der Waals surface area (Å²) in [5, 5.41) is 14.1. The van der Waals surface area contributed by atoms with Gasteiger partial charge in [-0.25, -0.2) is 9.67 Å². The van der Waals surface area contributed by atoms with E-state index in [1.165, 1.54) is 11.8 Å². The number of carboxylic acid groups (broad SMARTS) is 1. The molecule has 0 saturated carbocycles. The van der Waals surface area contributed by atoms with Gasteiger partial charge in [-0.2, -0.15) is 5.10 Å². The molecule has 0 atom stereocenters. The molecule has 0 aliphatic rings. The lowest BCUT2D eigenvalue weighted by Crippen LogP contribution is -2.20. The zero-order chi connectivity index (χ0) is 15.6. The van der Waals surface area contributed by atoms with Gasteiger partial charge in [0.15, 0.2) is 10.8 Å². The monoisotopic (exact) mass is 311 g/mol. The van der Waals surface area contributed by atoms with Crippen LogP contribution >= 0.6 is 11.8 Å². The van der Waals surface area contributed by atoms with E-state index < -0.39 is 5.97 Å². The Labute approximate surface area is 127 Å². The third-order valence-corrected chi connectivity index (χ3v) is 4.12. The fourth-order valence-corrected chi connectivity index (χ4v) is 2.91. The Morgan fingerprint density at radius 3 is 2.71 bits per heavy atom. The molecule has 0 spiro atoms. The summed E-state index contributed by atoms with van der Waals surface area (Å²) in [4.78, 5) is 17.5. The van der Waals surface area contributed by atoms with Gasteiger partial charge < -0.3 is 14.6 Å². The maximum atomic E-state index is 10.8. The highest BCUT2D eigenvalue weighted by Gasteiger charge is 2.19. The van der Waals surface area contributed by atoms with Crippen molar-refractivity contribution in [2.24, 2.45) is 0 Å². The van der Waals surface area contributed by atoms with Crippen LogP contribution in [-0.2, 0) is 17.9 Å². The third kappa shape index (κ3) is 3.38. The topological polar surface area (TPSA) is 76.2 Å². The third-order valence-electron chi connectivity index (χ3n) is 3.16. The van der Waals surface area contributed by atoms with E-state index in [-0.39, 0.29) is 5.75 Å². The summed E-state index contributed by atoms with van der Waals surface area (Å²) < 4.78 is 4.00. The number of likely N-dealkylation sites (N-methyl/N-ethyl adjacent to an activating group) is 1. The van der Waals surface area contributed by atoms with Crippen molar-refractivity contribution in [3.05, 3.63) is 5.69 Å². The second kappa shape index (κ2) is 6.48. The van der Waals surface area contributed by atoms with Gasteiger partial charge in [0.2, 0.25) is 0 Å². The molecule has 7 nitrogen and oxygen atoms in total. The molecule has 21 heavy (non-hydrogen) atoms. The van der Waals surface area contributed by atoms with Gasteiger partial charge in [0, 0.05) is 19.6 Å². The smallest absolute Gasteiger partial charge is 0.313 e. The van der Waals surface area contributed by atoms with Crippen LogP contribution in [0.4, 0.5) is 0 Å². The number of hydrogen-bond acceptors (Lipinski definition) is 5. The first-order valence-corrected chi connectivity index (χ1v) is 7.85. The molecule has 8 heteroatoms. The van der Waals surface area contributed by atoms with E-state index in [0.717, 1.165) is 41.6 Å². The van der Waals surface area contributed by atoms with Crippen LogP contribution in [0.5, 0.6) is 0 Å². The van der Waals surface area contributed by atoms with Crippen molar-refractivity contribution in [2.75, 3.05) is 26.4 Å². The fraction of sp³-hybridized carbons (Fsp3) is 0.615. The van der Waals surface area contributed by atoms with E-state index >= 15 is 0 Å². The second-order valence-electron chi connectivity index (χ2n) is 5.11. The first kappa shape index (κ1) is 15.8. The first-order chi connectivity index (χ1) is 9.93. The number of carboxylic acids is 1. The molecule has 116 valence electrons. The van der Waals surface area contributed by atoms with Gasteiger partial charge in [-0.15, -0.1) is 0 Å². The molecular weight excluding hydrogens is 290 g/mol. The Kier molecular flexibility index (Phi) is 4.89. The van der Waals surface area contributed by atoms with Crippen LogP contribution in [-0.4, -0.2) is 61.7 Å². The Bertz CT molecular complexity index is 647. The van der Waals surface area contributed by atoms with E-state index in [0.29, 0.717) is 0 Å². The van der Waals surface area contributed by atoms with E-state index in [1.54, 1.807) is 0 Å². The molecule has 0 unspecified atom stereocenters. The van der Waals surface area contributed by atoms with Crippen LogP contribution in [0.25, 0.3) is 11.2 Å². The SMILES string of the molecule is CCn1nc(C)c2nc(SCC(=O)O)n(CCN(C)C)c21. The summed E-state index contributed by atoms with van der Waals surface area (Å²) in [5.41, 5.74) is 2.72. The maximum Gasteiger partial charge on any atom is 0.313 e. The van der Waals surface area contributed by atoms with Crippen LogP contribution in [0, 0.1) is 6.92 Å². The molecule has 0 aromatic carbocycles. The number of hydrogen-bond donors (Lipinski definition) is 1. The van der Waals surface area contributed by atoms with Crippen LogP contribution in [0.1, 0.15) is 12.6 Å². The molecule has 0 radical (unpaired) electrons. The van der Waals surface area contributed by atoms with Gasteiger partial charge in [-0.1, -0.05) is 11.8 Å². The van der Waals surface area contributed by atoms with Crippen molar-refractivity contribution in [3.63, 3.8) is 0 Å². The van der Waals surface area contributed by atoms with Crippen molar-refractivity contribution in [1.82, 2.24) is 24.2 Å². The van der Waals surface area contributed by atoms with Crippen LogP contribution in [0.15, 0.2) is 5.16 Å². The summed E-state index contributed by atoms with van der Waals surface area (Å²) >= 11 is 1.26. The molecule has 2 rings (SSSR count). The van der Waals surface area contributed by atoms with E-state index in [4.69, 9.17) is 5.11 Å². The Morgan fingerprint density at radius 1 is 1.43 bits per heavy atom. The number of rotatable bonds is 7. The Hall–Kier alpha value is -1.54. The number of nitrogens with zero attached hydrogens (tertiary/aromatic N) is 5. The first-order valence-electron chi connectivity index (χ1n) is 6.87. The quantitative estimate of drug-likeness (QED) is 0.777. The van der Waals surface area contributed by atoms with Gasteiger partial charge in [0.1, 0.15) is 5.52 Å². The molecular formula is C13H21N5O2S. The van der Waals surface area contributed by atoms with E-state index in [9.17, 15) is 4.79 Å². The van der Waals surface area contributed by atoms with Crippen molar-refractivity contribution < 1.29 is 9.90 Å². The van der Waals surface area contributed by atoms with Crippen LogP contribution in [0.2, 0.25) is 0 Å². The predicted octanol–water partition coefficient (Wildman–Crippen LogP) is 1.30. The lowest BCUT2D eigenvalue weighted by atomic mass is 10.4. The molecule has 2 heterocycles. The number of thioether (sulfide) groups is 1. The molecule has 0 fully saturated rings. The zero-order valence-corrected chi connectivity index (χ0v) is 13.6. The number of fused-ring (bicyclic) bond motifs is 1. The van der Waals surface area contributed by atoms with Gasteiger partial charge in [0.05, 0.1) is 11.4 Å². The lowest BCUT2D eigenvalue weighted by Gasteiger charge is -2.13. The highest BCUT2D eigenvalue weighted by Crippen LogP contribution is 2.26. The Morgan fingerprint density at radius 2 is 2.14 bits per heavy atom. The molecule has 0 bridgehead atoms. The van der Waals surface area contributed by atoms with Crippen molar-refractivity contribution in [1.29, 1.82) is 0 Å². The van der Waals surface area contributed by atoms with Crippen molar-refractivity contribution in [2.45, 2.75) is 32.1 Å². The van der Waals surface area contributed by atoms with Gasteiger partial charge in [-0.05, 0) is 27.9 Å². The highest BCUT2D eigenvalue weighted by molar-refractivity contribution is 7.99. The van der Waals surface area contributed by atoms with Gasteiger partial charge in [0.25, 0.3) is 0 Å². The van der Waals surface area contributed by atoms with Crippen molar-refractivity contribution >= 4 is 28.9 Å². The molecule has 0 aliphatic carbocycles. The number of carbonyl (C=O) groups is 1. The lowest BCUT2D eigenvalue weighted by molar-refractivity contribution is -0.133. The summed E-state index contributed by atoms with van der Waals surface area (Å²) in [7, 11) is 4.03. The molecule has 1 N–H and O–H groups in total. The minimum absolute atomic E-state index is 0.0141. The Balaban J connectivity index is 2.45. The predicted molar refractivity (Wildman–Crippen MR) is 82.8 cm³/mol. The standard InChI is InChI=1S/C13H21N5O2S/c1-5-18-12-11(9(2)15-18)14-13(21-8-10(19)20)17(12)7-6-16(3)4/h5-8H2,1-4H3,(H,19,20). The molecule has 0 amide bonds. The minimum atomic E-state index is -0.833. The van der Waals surface area contributed by atoms with E-state index in [1.807, 2.05) is 32.6 Å². The summed E-state index contributed by atoms with van der Waals surface area (Å²) in [6, 6.07) is 0. The van der Waals surface area contributed by atoms with Crippen molar-refractivity contribution in [3.8, 4) is 0 Å². The van der Waals surface area contributed by atoms with Crippen LogP contribution < -0.4 is 0 Å². The number of aliphatic carboxylic acids is 1. The molecule has 2 aromatic heterocycles. The second-order valence-corrected chi connectivity index (χ2v) is 6.05. The fourth-order valence-electron chi connectivity index (χ4n) is 2.16. The maximum absolute atomic E-state index is 10.8. The number of aromatic nitrogens is 4. The van der Waals surface area contributed by atoms with Gasteiger partial charge in [-0.3, -0.25) is 4.79 Å². The normalized spacial score (nSPS) is 11.7. The number of aryl methyl sites for hydroxylation is 2. The average molecular weight is 311 g/mol. The van der Waals surface area contributed by atoms with Gasteiger partial charge >= 0.3 is 5.97 Å². The molecule has 0 saturated heterocycles. The highest BCUT2D eigenvalue weighted by atomic mass is 32.2. The minimum Gasteiger partial charge on any atom is -0.481 e. The van der Waals surface area contributed by atoms with Crippen LogP contribution in [0.3, 0.4) is 0 Å². The summed E-state index contributed by atoms with van der Waals surface area (Å²) in [5.74, 6) is -0.819. The summed E-state index contributed by atoms with van der Waals surface area (Å²) in [6.07, 6.45) is 0. The largest absolute Gasteiger partial charge is 0.481 e.